The van der Waals surface area contributed by atoms with Crippen molar-refractivity contribution in [1.29, 1.82) is 0 Å². The van der Waals surface area contributed by atoms with Crippen LogP contribution >= 0.6 is 0 Å². The van der Waals surface area contributed by atoms with Gasteiger partial charge in [0.15, 0.2) is 12.4 Å². The molecule has 0 amide bonds. The lowest BCUT2D eigenvalue weighted by molar-refractivity contribution is -0.296. The van der Waals surface area contributed by atoms with Crippen LogP contribution in [0.1, 0.15) is 6.92 Å². The Kier molecular flexibility index (Phi) is 4.63. The fourth-order valence-electron chi connectivity index (χ4n) is 1.58. The van der Waals surface area contributed by atoms with Gasteiger partial charge in [-0.05, 0) is 0 Å². The summed E-state index contributed by atoms with van der Waals surface area (Å²) in [5.41, 5.74) is 0. The van der Waals surface area contributed by atoms with Crippen molar-refractivity contribution in [2.45, 2.75) is 37.6 Å². The van der Waals surface area contributed by atoms with E-state index >= 15 is 0 Å². The normalized spacial score (nSPS) is 39.4. The predicted molar refractivity (Wildman–Crippen MR) is 50.3 cm³/mol. The van der Waals surface area contributed by atoms with Gasteiger partial charge in [-0.1, -0.05) is 0 Å². The molecule has 0 aliphatic carbocycles. The molecule has 1 rings (SSSR count). The van der Waals surface area contributed by atoms with E-state index in [0.29, 0.717) is 0 Å². The largest absolute Gasteiger partial charge is 0.457 e. The smallest absolute Gasteiger partial charge is 0.303 e. The number of ether oxygens (including phenoxy) is 3. The molecule has 0 spiro atoms. The van der Waals surface area contributed by atoms with Crippen LogP contribution in [0.3, 0.4) is 0 Å². The average Bonchev–Trinajstić information content (AvgIpc) is 2.25. The van der Waals surface area contributed by atoms with Crippen LogP contribution in [-0.2, 0) is 19.0 Å². The molecule has 0 bridgehead atoms. The average molecular weight is 236 g/mol. The van der Waals surface area contributed by atoms with Crippen LogP contribution in [0.15, 0.2) is 0 Å². The van der Waals surface area contributed by atoms with Crippen molar-refractivity contribution >= 4 is 5.97 Å². The molecule has 0 saturated carbocycles. The number of carbonyl (C=O) groups excluding carboxylic acids is 1. The van der Waals surface area contributed by atoms with E-state index in [1.807, 2.05) is 0 Å². The summed E-state index contributed by atoms with van der Waals surface area (Å²) in [5, 5.41) is 28.3. The van der Waals surface area contributed by atoms with Crippen molar-refractivity contribution in [3.63, 3.8) is 0 Å². The van der Waals surface area contributed by atoms with Crippen molar-refractivity contribution in [3.8, 4) is 0 Å². The summed E-state index contributed by atoms with van der Waals surface area (Å²) in [6.07, 6.45) is -5.79. The van der Waals surface area contributed by atoms with Gasteiger partial charge in [0.05, 0.1) is 6.61 Å². The van der Waals surface area contributed by atoms with Crippen molar-refractivity contribution in [2.75, 3.05) is 13.7 Å². The number of hydrogen-bond donors (Lipinski definition) is 3. The van der Waals surface area contributed by atoms with Gasteiger partial charge in [-0.15, -0.1) is 0 Å². The van der Waals surface area contributed by atoms with Gasteiger partial charge in [0.1, 0.15) is 18.3 Å². The molecule has 7 heteroatoms. The molecule has 0 aromatic rings. The Morgan fingerprint density at radius 3 is 2.44 bits per heavy atom. The molecule has 1 saturated heterocycles. The molecular weight excluding hydrogens is 220 g/mol. The third kappa shape index (κ3) is 2.69. The monoisotopic (exact) mass is 236 g/mol. The molecule has 1 heterocycles. The second kappa shape index (κ2) is 5.55. The van der Waals surface area contributed by atoms with E-state index in [4.69, 9.17) is 19.3 Å². The van der Waals surface area contributed by atoms with Gasteiger partial charge in [0, 0.05) is 14.0 Å². The first-order chi connectivity index (χ1) is 7.51. The fourth-order valence-corrected chi connectivity index (χ4v) is 1.58. The van der Waals surface area contributed by atoms with E-state index in [0.717, 1.165) is 6.92 Å². The Labute approximate surface area is 92.5 Å². The Balaban J connectivity index is 2.77. The van der Waals surface area contributed by atoms with Gasteiger partial charge < -0.3 is 29.5 Å². The highest BCUT2D eigenvalue weighted by Gasteiger charge is 2.46. The van der Waals surface area contributed by atoms with Gasteiger partial charge in [-0.2, -0.15) is 0 Å². The van der Waals surface area contributed by atoms with Crippen LogP contribution < -0.4 is 0 Å². The molecule has 1 aliphatic rings. The van der Waals surface area contributed by atoms with E-state index in [-0.39, 0.29) is 0 Å². The molecule has 16 heavy (non-hydrogen) atoms. The number of esters is 1. The maximum Gasteiger partial charge on any atom is 0.303 e. The van der Waals surface area contributed by atoms with Crippen molar-refractivity contribution in [1.82, 2.24) is 0 Å². The van der Waals surface area contributed by atoms with Gasteiger partial charge >= 0.3 is 5.97 Å². The quantitative estimate of drug-likeness (QED) is 0.487. The standard InChI is InChI=1S/C9H16O7/c1-4(11)15-8-5(3-10)16-9(14-2)7(13)6(8)12/h5-10,12-13H,3H2,1-2H3/t5-,6+,7-,8-,9+/m1/s1. The number of carbonyl (C=O) groups is 1. The molecule has 0 radical (unpaired) electrons. The second-order valence-corrected chi connectivity index (χ2v) is 3.52. The summed E-state index contributed by atoms with van der Waals surface area (Å²) in [6, 6.07) is 0. The molecule has 0 aromatic heterocycles. The Morgan fingerprint density at radius 1 is 1.38 bits per heavy atom. The highest BCUT2D eigenvalue weighted by atomic mass is 16.7. The lowest BCUT2D eigenvalue weighted by atomic mass is 9.99. The van der Waals surface area contributed by atoms with E-state index in [2.05, 4.69) is 0 Å². The van der Waals surface area contributed by atoms with E-state index in [1.54, 1.807) is 0 Å². The zero-order valence-corrected chi connectivity index (χ0v) is 9.07. The molecule has 0 unspecified atom stereocenters. The molecule has 3 N–H and O–H groups in total. The van der Waals surface area contributed by atoms with Crippen molar-refractivity contribution < 1.29 is 34.3 Å². The van der Waals surface area contributed by atoms with Crippen molar-refractivity contribution in [2.24, 2.45) is 0 Å². The minimum Gasteiger partial charge on any atom is -0.457 e. The third-order valence-corrected chi connectivity index (χ3v) is 2.36. The van der Waals surface area contributed by atoms with Crippen LogP contribution in [0.4, 0.5) is 0 Å². The maximum absolute atomic E-state index is 10.8. The molecular formula is C9H16O7. The summed E-state index contributed by atoms with van der Waals surface area (Å²) >= 11 is 0. The van der Waals surface area contributed by atoms with Gasteiger partial charge in [0.2, 0.25) is 0 Å². The summed E-state index contributed by atoms with van der Waals surface area (Å²) in [4.78, 5) is 10.8. The van der Waals surface area contributed by atoms with Crippen LogP contribution in [0.5, 0.6) is 0 Å². The predicted octanol–water partition coefficient (Wildman–Crippen LogP) is -2.00. The summed E-state index contributed by atoms with van der Waals surface area (Å²) < 4.78 is 14.7. The highest BCUT2D eigenvalue weighted by Crippen LogP contribution is 2.23. The minimum atomic E-state index is -1.36. The summed E-state index contributed by atoms with van der Waals surface area (Å²) in [7, 11) is 1.29. The number of hydrogen-bond acceptors (Lipinski definition) is 7. The van der Waals surface area contributed by atoms with E-state index in [1.165, 1.54) is 7.11 Å². The third-order valence-electron chi connectivity index (χ3n) is 2.36. The first-order valence-corrected chi connectivity index (χ1v) is 4.83. The van der Waals surface area contributed by atoms with Gasteiger partial charge in [0.25, 0.3) is 0 Å². The van der Waals surface area contributed by atoms with Crippen LogP contribution in [0.2, 0.25) is 0 Å². The zero-order valence-electron chi connectivity index (χ0n) is 9.07. The first kappa shape index (κ1) is 13.3. The van der Waals surface area contributed by atoms with Gasteiger partial charge in [-0.3, -0.25) is 4.79 Å². The van der Waals surface area contributed by atoms with E-state index < -0.39 is 43.3 Å². The molecule has 1 fully saturated rings. The fraction of sp³-hybridized carbons (Fsp3) is 0.889. The topological polar surface area (TPSA) is 105 Å². The molecule has 5 atom stereocenters. The summed E-state index contributed by atoms with van der Waals surface area (Å²) in [6.45, 7) is 0.706. The minimum absolute atomic E-state index is 0.457. The second-order valence-electron chi connectivity index (χ2n) is 3.52. The van der Waals surface area contributed by atoms with Crippen LogP contribution in [-0.4, -0.2) is 65.7 Å². The number of rotatable bonds is 3. The molecule has 94 valence electrons. The first-order valence-electron chi connectivity index (χ1n) is 4.83. The molecule has 7 nitrogen and oxygen atoms in total. The van der Waals surface area contributed by atoms with Crippen LogP contribution in [0.25, 0.3) is 0 Å². The number of aliphatic hydroxyl groups excluding tert-OH is 3. The number of methoxy groups -OCH3 is 1. The Bertz CT molecular complexity index is 242. The SMILES string of the molecule is CO[C@H]1O[C@H](CO)[C@@H](OC(C)=O)[C@@H](O)[C@H]1O. The zero-order chi connectivity index (χ0) is 12.3. The lowest BCUT2D eigenvalue weighted by Gasteiger charge is -2.40. The maximum atomic E-state index is 10.8. The molecule has 0 aromatic carbocycles. The lowest BCUT2D eigenvalue weighted by Crippen LogP contribution is -2.60. The number of aliphatic hydroxyl groups is 3. The van der Waals surface area contributed by atoms with Crippen molar-refractivity contribution in [3.05, 3.63) is 0 Å². The van der Waals surface area contributed by atoms with E-state index in [9.17, 15) is 15.0 Å². The van der Waals surface area contributed by atoms with Crippen LogP contribution in [0, 0.1) is 0 Å². The molecule has 1 aliphatic heterocycles. The highest BCUT2D eigenvalue weighted by molar-refractivity contribution is 5.66. The Hall–Kier alpha value is -0.730. The Morgan fingerprint density at radius 2 is 2.00 bits per heavy atom. The van der Waals surface area contributed by atoms with Gasteiger partial charge in [-0.25, -0.2) is 0 Å². The summed E-state index contributed by atoms with van der Waals surface area (Å²) in [5.74, 6) is -0.630.